The van der Waals surface area contributed by atoms with Crippen molar-refractivity contribution in [2.75, 3.05) is 7.05 Å². The quantitative estimate of drug-likeness (QED) is 0.781. The van der Waals surface area contributed by atoms with Gasteiger partial charge in [0.1, 0.15) is 0 Å². The number of thiol groups is 1. The summed E-state index contributed by atoms with van der Waals surface area (Å²) in [5.74, 6) is 2.47. The highest BCUT2D eigenvalue weighted by atomic mass is 32.1. The first-order valence-electron chi connectivity index (χ1n) is 6.71. The van der Waals surface area contributed by atoms with Gasteiger partial charge in [-0.3, -0.25) is 0 Å². The second-order valence-corrected chi connectivity index (χ2v) is 6.17. The Labute approximate surface area is 109 Å². The number of fused-ring (bicyclic) bond motifs is 2. The fourth-order valence-corrected chi connectivity index (χ4v) is 4.70. The van der Waals surface area contributed by atoms with Crippen LogP contribution in [-0.2, 0) is 0 Å². The predicted octanol–water partition coefficient (Wildman–Crippen LogP) is 3.29. The van der Waals surface area contributed by atoms with Crippen molar-refractivity contribution in [2.24, 2.45) is 17.8 Å². The highest BCUT2D eigenvalue weighted by Crippen LogP contribution is 2.54. The monoisotopic (exact) mass is 247 g/mol. The zero-order chi connectivity index (χ0) is 11.8. The lowest BCUT2D eigenvalue weighted by atomic mass is 9.80. The average molecular weight is 247 g/mol. The summed E-state index contributed by atoms with van der Waals surface area (Å²) in [6.07, 6.45) is 4.22. The summed E-state index contributed by atoms with van der Waals surface area (Å²) < 4.78 is 0. The fraction of sp³-hybridized carbons (Fsp3) is 0.600. The van der Waals surface area contributed by atoms with Gasteiger partial charge in [-0.25, -0.2) is 0 Å². The van der Waals surface area contributed by atoms with Crippen molar-refractivity contribution in [3.63, 3.8) is 0 Å². The molecule has 2 aliphatic rings. The summed E-state index contributed by atoms with van der Waals surface area (Å²) in [7, 11) is 2.09. The van der Waals surface area contributed by atoms with Gasteiger partial charge in [-0.05, 0) is 49.6 Å². The van der Waals surface area contributed by atoms with Crippen LogP contribution in [0.4, 0.5) is 0 Å². The van der Waals surface area contributed by atoms with E-state index in [1.807, 2.05) is 0 Å². The molecule has 0 aromatic heterocycles. The van der Waals surface area contributed by atoms with Gasteiger partial charge in [-0.15, -0.1) is 0 Å². The minimum Gasteiger partial charge on any atom is -0.313 e. The van der Waals surface area contributed by atoms with Crippen LogP contribution >= 0.6 is 12.6 Å². The van der Waals surface area contributed by atoms with E-state index in [0.717, 1.165) is 11.8 Å². The van der Waals surface area contributed by atoms with E-state index in [0.29, 0.717) is 17.2 Å². The van der Waals surface area contributed by atoms with Crippen LogP contribution < -0.4 is 5.32 Å². The van der Waals surface area contributed by atoms with Gasteiger partial charge in [0.15, 0.2) is 0 Å². The number of rotatable bonds is 3. The van der Waals surface area contributed by atoms with Gasteiger partial charge in [0, 0.05) is 11.3 Å². The minimum absolute atomic E-state index is 0.481. The maximum absolute atomic E-state index is 4.90. The van der Waals surface area contributed by atoms with Crippen molar-refractivity contribution in [3.05, 3.63) is 35.9 Å². The second kappa shape index (κ2) is 4.66. The molecular formula is C15H21NS. The smallest absolute Gasteiger partial charge is 0.0359 e. The van der Waals surface area contributed by atoms with Crippen LogP contribution in [0.3, 0.4) is 0 Å². The molecule has 1 aromatic carbocycles. The van der Waals surface area contributed by atoms with E-state index in [4.69, 9.17) is 12.6 Å². The van der Waals surface area contributed by atoms with Crippen molar-refractivity contribution in [3.8, 4) is 0 Å². The van der Waals surface area contributed by atoms with E-state index in [1.54, 1.807) is 0 Å². The van der Waals surface area contributed by atoms with Crippen molar-refractivity contribution in [1.82, 2.24) is 5.32 Å². The zero-order valence-electron chi connectivity index (χ0n) is 10.3. The second-order valence-electron chi connectivity index (χ2n) is 5.58. The summed E-state index contributed by atoms with van der Waals surface area (Å²) in [6, 6.07) is 11.3. The first kappa shape index (κ1) is 11.6. The van der Waals surface area contributed by atoms with Crippen molar-refractivity contribution < 1.29 is 0 Å². The molecule has 1 N–H and O–H groups in total. The predicted molar refractivity (Wildman–Crippen MR) is 75.3 cm³/mol. The Balaban J connectivity index is 1.87. The Morgan fingerprint density at radius 3 is 2.47 bits per heavy atom. The van der Waals surface area contributed by atoms with E-state index in [9.17, 15) is 0 Å². The molecule has 1 nitrogen and oxygen atoms in total. The van der Waals surface area contributed by atoms with Crippen LogP contribution in [0.15, 0.2) is 30.3 Å². The molecular weight excluding hydrogens is 226 g/mol. The van der Waals surface area contributed by atoms with Gasteiger partial charge in [0.2, 0.25) is 0 Å². The Bertz CT molecular complexity index is 376. The Morgan fingerprint density at radius 1 is 1.18 bits per heavy atom. The highest BCUT2D eigenvalue weighted by Gasteiger charge is 2.48. The number of hydrogen-bond acceptors (Lipinski definition) is 2. The molecule has 3 rings (SSSR count). The topological polar surface area (TPSA) is 12.0 Å². The molecule has 2 fully saturated rings. The van der Waals surface area contributed by atoms with Crippen LogP contribution in [0, 0.1) is 17.8 Å². The van der Waals surface area contributed by atoms with Crippen molar-refractivity contribution in [1.29, 1.82) is 0 Å². The van der Waals surface area contributed by atoms with Crippen LogP contribution in [0.25, 0.3) is 0 Å². The first-order valence-corrected chi connectivity index (χ1v) is 7.23. The third kappa shape index (κ3) is 1.92. The first-order chi connectivity index (χ1) is 8.31. The molecule has 2 aliphatic carbocycles. The largest absolute Gasteiger partial charge is 0.313 e. The molecule has 2 saturated carbocycles. The molecule has 0 radical (unpaired) electrons. The lowest BCUT2D eigenvalue weighted by molar-refractivity contribution is 0.269. The Morgan fingerprint density at radius 2 is 1.88 bits per heavy atom. The highest BCUT2D eigenvalue weighted by molar-refractivity contribution is 7.81. The normalized spacial score (nSPS) is 37.3. The van der Waals surface area contributed by atoms with Gasteiger partial charge in [-0.1, -0.05) is 30.3 Å². The standard InChI is InChI=1S/C15H21NS/c1-16-14(10-5-3-2-4-6-10)13-11-7-8-12(9-11)15(13)17/h2-6,11-17H,7-9H2,1H3/t11-,12+,13+,14+,15+/m0/s1. The zero-order valence-corrected chi connectivity index (χ0v) is 11.2. The van der Waals surface area contributed by atoms with E-state index in [-0.39, 0.29) is 0 Å². The van der Waals surface area contributed by atoms with Gasteiger partial charge in [-0.2, -0.15) is 12.6 Å². The van der Waals surface area contributed by atoms with Crippen LogP contribution in [0.1, 0.15) is 30.9 Å². The van der Waals surface area contributed by atoms with E-state index < -0.39 is 0 Å². The Kier molecular flexibility index (Phi) is 3.18. The summed E-state index contributed by atoms with van der Waals surface area (Å²) in [5.41, 5.74) is 1.42. The lowest BCUT2D eigenvalue weighted by Gasteiger charge is -2.34. The van der Waals surface area contributed by atoms with Gasteiger partial charge >= 0.3 is 0 Å². The molecule has 2 heteroatoms. The fourth-order valence-electron chi connectivity index (χ4n) is 4.02. The summed E-state index contributed by atoms with van der Waals surface area (Å²) in [6.45, 7) is 0. The summed E-state index contributed by atoms with van der Waals surface area (Å²) >= 11 is 4.90. The molecule has 17 heavy (non-hydrogen) atoms. The van der Waals surface area contributed by atoms with E-state index >= 15 is 0 Å². The molecule has 0 heterocycles. The molecule has 0 spiro atoms. The molecule has 0 aliphatic heterocycles. The third-order valence-corrected chi connectivity index (χ3v) is 5.56. The molecule has 1 aromatic rings. The maximum Gasteiger partial charge on any atom is 0.0359 e. The van der Waals surface area contributed by atoms with E-state index in [1.165, 1.54) is 24.8 Å². The minimum atomic E-state index is 0.481. The molecule has 92 valence electrons. The Hall–Kier alpha value is -0.470. The van der Waals surface area contributed by atoms with Gasteiger partial charge in [0.25, 0.3) is 0 Å². The SMILES string of the molecule is CN[C@H](c1ccccc1)[C@H]1[C@H]2CC[C@H](C2)[C@H]1S. The van der Waals surface area contributed by atoms with Crippen molar-refractivity contribution in [2.45, 2.75) is 30.6 Å². The lowest BCUT2D eigenvalue weighted by Crippen LogP contribution is -2.35. The van der Waals surface area contributed by atoms with E-state index in [2.05, 4.69) is 42.7 Å². The van der Waals surface area contributed by atoms with Gasteiger partial charge in [0.05, 0.1) is 0 Å². The molecule has 2 bridgehead atoms. The van der Waals surface area contributed by atoms with Gasteiger partial charge < -0.3 is 5.32 Å². The molecule has 0 amide bonds. The average Bonchev–Trinajstić information content (AvgIpc) is 2.95. The van der Waals surface area contributed by atoms with Crippen LogP contribution in [-0.4, -0.2) is 12.3 Å². The number of nitrogens with one attached hydrogen (secondary N) is 1. The number of benzene rings is 1. The molecule has 0 unspecified atom stereocenters. The van der Waals surface area contributed by atoms with Crippen molar-refractivity contribution >= 4 is 12.6 Å². The summed E-state index contributed by atoms with van der Waals surface area (Å²) in [5, 5.41) is 4.12. The molecule has 5 atom stereocenters. The van der Waals surface area contributed by atoms with Crippen LogP contribution in [0.2, 0.25) is 0 Å². The summed E-state index contributed by atoms with van der Waals surface area (Å²) in [4.78, 5) is 0. The number of hydrogen-bond donors (Lipinski definition) is 2. The molecule has 0 saturated heterocycles. The van der Waals surface area contributed by atoms with Crippen LogP contribution in [0.5, 0.6) is 0 Å². The third-order valence-electron chi connectivity index (χ3n) is 4.79. The maximum atomic E-state index is 4.90.